The molecule has 2 heterocycles. The van der Waals surface area contributed by atoms with Crippen molar-refractivity contribution in [1.29, 1.82) is 0 Å². The van der Waals surface area contributed by atoms with E-state index in [0.29, 0.717) is 18.8 Å². The zero-order valence-corrected chi connectivity index (χ0v) is 16.6. The molecule has 2 amide bonds. The number of carbonyl (C=O) groups excluding carboxylic acids is 2. The number of anilines is 3. The molecule has 4 rings (SSSR count). The van der Waals surface area contributed by atoms with E-state index in [1.54, 1.807) is 0 Å². The minimum atomic E-state index is -0.345. The number of hydrogen-bond acceptors (Lipinski definition) is 5. The number of carbonyl (C=O) groups is 2. The van der Waals surface area contributed by atoms with Gasteiger partial charge in [-0.15, -0.1) is 0 Å². The maximum absolute atomic E-state index is 11.9. The number of benzene rings is 2. The van der Waals surface area contributed by atoms with Gasteiger partial charge in [-0.3, -0.25) is 14.9 Å². The van der Waals surface area contributed by atoms with Gasteiger partial charge < -0.3 is 16.0 Å². The summed E-state index contributed by atoms with van der Waals surface area (Å²) in [6.07, 6.45) is 4.39. The molecule has 0 bridgehead atoms. The average Bonchev–Trinajstić information content (AvgIpc) is 2.73. The molecule has 2 aromatic rings. The fourth-order valence-electron chi connectivity index (χ4n) is 4.18. The van der Waals surface area contributed by atoms with Gasteiger partial charge in [0.1, 0.15) is 6.04 Å². The number of hydrogen-bond donors (Lipinski definition) is 3. The quantitative estimate of drug-likeness (QED) is 0.538. The number of nitrogen functional groups attached to an aromatic ring is 1. The smallest absolute Gasteiger partial charge is 0.249 e. The lowest BCUT2D eigenvalue weighted by molar-refractivity contribution is -0.133. The summed E-state index contributed by atoms with van der Waals surface area (Å²) < 4.78 is 0. The van der Waals surface area contributed by atoms with Crippen LogP contribution >= 0.6 is 0 Å². The molecule has 152 valence electrons. The summed E-state index contributed by atoms with van der Waals surface area (Å²) in [5, 5.41) is 5.61. The SMILES string of the molecule is Nc1ccc(CC2CCN(c3ccc(NC4CCC(=O)NC4=O)cc3)CC2)cc1. The molecule has 0 aliphatic carbocycles. The zero-order valence-electron chi connectivity index (χ0n) is 16.6. The van der Waals surface area contributed by atoms with Crippen molar-refractivity contribution >= 4 is 28.9 Å². The van der Waals surface area contributed by atoms with Crippen LogP contribution in [0, 0.1) is 5.92 Å². The molecule has 1 unspecified atom stereocenters. The number of nitrogens with zero attached hydrogens (tertiary/aromatic N) is 1. The molecular weight excluding hydrogens is 364 g/mol. The Morgan fingerprint density at radius 3 is 2.31 bits per heavy atom. The van der Waals surface area contributed by atoms with Crippen LogP contribution < -0.4 is 21.3 Å². The van der Waals surface area contributed by atoms with Gasteiger partial charge >= 0.3 is 0 Å². The second-order valence-corrected chi connectivity index (χ2v) is 8.07. The van der Waals surface area contributed by atoms with Gasteiger partial charge in [-0.2, -0.15) is 0 Å². The van der Waals surface area contributed by atoms with Crippen molar-refractivity contribution < 1.29 is 9.59 Å². The van der Waals surface area contributed by atoms with Crippen molar-refractivity contribution in [3.63, 3.8) is 0 Å². The Kier molecular flexibility index (Phi) is 5.69. The largest absolute Gasteiger partial charge is 0.399 e. The van der Waals surface area contributed by atoms with E-state index in [1.165, 1.54) is 24.1 Å². The maximum Gasteiger partial charge on any atom is 0.249 e. The van der Waals surface area contributed by atoms with E-state index in [1.807, 2.05) is 24.3 Å². The number of amides is 2. The normalized spacial score (nSPS) is 20.4. The molecule has 0 aromatic heterocycles. The van der Waals surface area contributed by atoms with Crippen LogP contribution in [0.2, 0.25) is 0 Å². The molecule has 29 heavy (non-hydrogen) atoms. The number of piperidine rings is 2. The van der Waals surface area contributed by atoms with Gasteiger partial charge in [-0.25, -0.2) is 0 Å². The third kappa shape index (κ3) is 4.88. The van der Waals surface area contributed by atoms with E-state index >= 15 is 0 Å². The summed E-state index contributed by atoms with van der Waals surface area (Å²) in [6.45, 7) is 2.11. The fraction of sp³-hybridized carbons (Fsp3) is 0.391. The summed E-state index contributed by atoms with van der Waals surface area (Å²) in [7, 11) is 0. The fourth-order valence-corrected chi connectivity index (χ4v) is 4.18. The molecular formula is C23H28N4O2. The van der Waals surface area contributed by atoms with Crippen LogP contribution in [0.5, 0.6) is 0 Å². The number of nitrogens with one attached hydrogen (secondary N) is 2. The molecule has 2 aliphatic heterocycles. The van der Waals surface area contributed by atoms with E-state index < -0.39 is 0 Å². The van der Waals surface area contributed by atoms with E-state index in [2.05, 4.69) is 39.8 Å². The maximum atomic E-state index is 11.9. The van der Waals surface area contributed by atoms with Gasteiger partial charge in [0.15, 0.2) is 0 Å². The van der Waals surface area contributed by atoms with Crippen LogP contribution in [-0.4, -0.2) is 30.9 Å². The van der Waals surface area contributed by atoms with E-state index in [4.69, 9.17) is 5.73 Å². The van der Waals surface area contributed by atoms with Crippen LogP contribution in [0.3, 0.4) is 0 Å². The second-order valence-electron chi connectivity index (χ2n) is 8.07. The molecule has 0 spiro atoms. The molecule has 6 nitrogen and oxygen atoms in total. The number of rotatable bonds is 5. The third-order valence-corrected chi connectivity index (χ3v) is 5.93. The standard InChI is InChI=1S/C23H28N4O2/c24-18-3-1-16(2-4-18)15-17-11-13-27(14-12-17)20-7-5-19(6-8-20)25-21-9-10-22(28)26-23(21)29/h1-8,17,21,25H,9-15,24H2,(H,26,28,29). The molecule has 2 saturated heterocycles. The molecule has 6 heteroatoms. The van der Waals surface area contributed by atoms with E-state index in [0.717, 1.165) is 30.9 Å². The molecule has 2 aliphatic rings. The third-order valence-electron chi connectivity index (χ3n) is 5.93. The monoisotopic (exact) mass is 392 g/mol. The minimum Gasteiger partial charge on any atom is -0.399 e. The average molecular weight is 393 g/mol. The van der Waals surface area contributed by atoms with Crippen LogP contribution in [0.4, 0.5) is 17.1 Å². The Morgan fingerprint density at radius 1 is 0.966 bits per heavy atom. The van der Waals surface area contributed by atoms with Crippen molar-refractivity contribution in [2.24, 2.45) is 5.92 Å². The topological polar surface area (TPSA) is 87.5 Å². The van der Waals surface area contributed by atoms with Gasteiger partial charge in [0.2, 0.25) is 11.8 Å². The summed E-state index contributed by atoms with van der Waals surface area (Å²) in [4.78, 5) is 25.6. The first-order valence-corrected chi connectivity index (χ1v) is 10.4. The van der Waals surface area contributed by atoms with E-state index in [9.17, 15) is 9.59 Å². The Balaban J connectivity index is 1.28. The molecule has 4 N–H and O–H groups in total. The summed E-state index contributed by atoms with van der Waals surface area (Å²) in [5.41, 5.74) is 10.1. The zero-order chi connectivity index (χ0) is 20.2. The lowest BCUT2D eigenvalue weighted by atomic mass is 9.90. The molecule has 2 fully saturated rings. The second kappa shape index (κ2) is 8.55. The molecule has 1 atom stereocenters. The van der Waals surface area contributed by atoms with Crippen molar-refractivity contribution in [2.75, 3.05) is 29.0 Å². The summed E-state index contributed by atoms with van der Waals surface area (Å²) >= 11 is 0. The highest BCUT2D eigenvalue weighted by molar-refractivity contribution is 6.01. The van der Waals surface area contributed by atoms with Crippen LogP contribution in [0.25, 0.3) is 0 Å². The lowest BCUT2D eigenvalue weighted by Gasteiger charge is -2.34. The van der Waals surface area contributed by atoms with Crippen LogP contribution in [0.1, 0.15) is 31.2 Å². The summed E-state index contributed by atoms with van der Waals surface area (Å²) in [6, 6.07) is 16.1. The molecule has 0 radical (unpaired) electrons. The summed E-state index contributed by atoms with van der Waals surface area (Å²) in [5.74, 6) is 0.278. The van der Waals surface area contributed by atoms with Gasteiger partial charge in [-0.05, 0) is 73.6 Å². The van der Waals surface area contributed by atoms with E-state index in [-0.39, 0.29) is 17.9 Å². The van der Waals surface area contributed by atoms with Gasteiger partial charge in [-0.1, -0.05) is 12.1 Å². The lowest BCUT2D eigenvalue weighted by Crippen LogP contribution is -2.47. The van der Waals surface area contributed by atoms with Crippen molar-refractivity contribution in [2.45, 2.75) is 38.1 Å². The van der Waals surface area contributed by atoms with Gasteiger partial charge in [0.25, 0.3) is 0 Å². The molecule has 2 aromatic carbocycles. The van der Waals surface area contributed by atoms with Gasteiger partial charge in [0, 0.05) is 36.6 Å². The first-order chi connectivity index (χ1) is 14.1. The number of nitrogens with two attached hydrogens (primary N) is 1. The Hall–Kier alpha value is -3.02. The Morgan fingerprint density at radius 2 is 1.66 bits per heavy atom. The van der Waals surface area contributed by atoms with Crippen molar-refractivity contribution in [3.05, 3.63) is 54.1 Å². The highest BCUT2D eigenvalue weighted by atomic mass is 16.2. The Bertz CT molecular complexity index is 855. The van der Waals surface area contributed by atoms with Crippen molar-refractivity contribution in [3.8, 4) is 0 Å². The predicted molar refractivity (Wildman–Crippen MR) is 116 cm³/mol. The highest BCUT2D eigenvalue weighted by Crippen LogP contribution is 2.27. The number of imide groups is 1. The predicted octanol–water partition coefficient (Wildman–Crippen LogP) is 2.95. The Labute approximate surface area is 171 Å². The minimum absolute atomic E-state index is 0.191. The van der Waals surface area contributed by atoms with Crippen molar-refractivity contribution in [1.82, 2.24) is 5.32 Å². The first kappa shape index (κ1) is 19.3. The highest BCUT2D eigenvalue weighted by Gasteiger charge is 2.26. The van der Waals surface area contributed by atoms with Crippen LogP contribution in [0.15, 0.2) is 48.5 Å². The van der Waals surface area contributed by atoms with Gasteiger partial charge in [0.05, 0.1) is 0 Å². The first-order valence-electron chi connectivity index (χ1n) is 10.4. The van der Waals surface area contributed by atoms with Crippen LogP contribution in [-0.2, 0) is 16.0 Å². The molecule has 0 saturated carbocycles.